The van der Waals surface area contributed by atoms with Gasteiger partial charge in [0.1, 0.15) is 11.6 Å². The zero-order chi connectivity index (χ0) is 23.1. The van der Waals surface area contributed by atoms with Gasteiger partial charge in [0.25, 0.3) is 0 Å². The minimum atomic E-state index is -1.05. The van der Waals surface area contributed by atoms with Crippen LogP contribution in [0.15, 0.2) is 77.9 Å². The van der Waals surface area contributed by atoms with Gasteiger partial charge in [0.05, 0.1) is 16.3 Å². The van der Waals surface area contributed by atoms with E-state index in [1.165, 1.54) is 12.1 Å². The number of halogens is 2. The van der Waals surface area contributed by atoms with Crippen LogP contribution in [0.2, 0.25) is 5.02 Å². The summed E-state index contributed by atoms with van der Waals surface area (Å²) in [5.74, 6) is -3.04. The second kappa shape index (κ2) is 10.3. The van der Waals surface area contributed by atoms with Gasteiger partial charge in [-0.05, 0) is 49.4 Å². The number of para-hydroxylation sites is 1. The van der Waals surface area contributed by atoms with Crippen LogP contribution in [0.25, 0.3) is 0 Å². The molecule has 32 heavy (non-hydrogen) atoms. The topological polar surface area (TPSA) is 96.9 Å². The van der Waals surface area contributed by atoms with Gasteiger partial charge in [-0.15, -0.1) is 0 Å². The Morgan fingerprint density at radius 3 is 2.34 bits per heavy atom. The molecule has 7 nitrogen and oxygen atoms in total. The minimum Gasteiger partial charge on any atom is -0.422 e. The molecule has 0 radical (unpaired) electrons. The molecule has 0 aromatic heterocycles. The highest BCUT2D eigenvalue weighted by Crippen LogP contribution is 2.21. The molecule has 0 saturated carbocycles. The van der Waals surface area contributed by atoms with Crippen LogP contribution >= 0.6 is 11.6 Å². The molecule has 3 rings (SSSR count). The fourth-order valence-electron chi connectivity index (χ4n) is 2.59. The Kier molecular flexibility index (Phi) is 7.30. The second-order valence-corrected chi connectivity index (χ2v) is 6.88. The molecule has 3 aromatic carbocycles. The van der Waals surface area contributed by atoms with Crippen LogP contribution < -0.4 is 15.5 Å². The number of amides is 2. The number of anilines is 1. The van der Waals surface area contributed by atoms with E-state index in [0.29, 0.717) is 16.8 Å². The molecule has 0 aliphatic heterocycles. The minimum absolute atomic E-state index is 0.149. The molecular weight excluding hydrogens is 437 g/mol. The summed E-state index contributed by atoms with van der Waals surface area (Å²) >= 11 is 5.65. The van der Waals surface area contributed by atoms with Gasteiger partial charge in [-0.2, -0.15) is 5.10 Å². The molecule has 0 unspecified atom stereocenters. The summed E-state index contributed by atoms with van der Waals surface area (Å²) in [4.78, 5) is 36.4. The largest absolute Gasteiger partial charge is 0.422 e. The summed E-state index contributed by atoms with van der Waals surface area (Å²) in [7, 11) is 0. The summed E-state index contributed by atoms with van der Waals surface area (Å²) in [5, 5.41) is 6.00. The fourth-order valence-corrected chi connectivity index (χ4v) is 2.78. The Morgan fingerprint density at radius 2 is 1.62 bits per heavy atom. The van der Waals surface area contributed by atoms with Crippen molar-refractivity contribution in [2.75, 3.05) is 5.32 Å². The highest BCUT2D eigenvalue weighted by Gasteiger charge is 2.16. The van der Waals surface area contributed by atoms with E-state index < -0.39 is 23.6 Å². The lowest BCUT2D eigenvalue weighted by atomic mass is 10.1. The third-order valence-electron chi connectivity index (χ3n) is 4.20. The van der Waals surface area contributed by atoms with E-state index in [1.54, 1.807) is 61.5 Å². The average Bonchev–Trinajstić information content (AvgIpc) is 2.80. The molecule has 2 N–H and O–H groups in total. The number of carbonyl (C=O) groups is 3. The first kappa shape index (κ1) is 22.6. The van der Waals surface area contributed by atoms with Crippen molar-refractivity contribution >= 4 is 40.8 Å². The third-order valence-corrected chi connectivity index (χ3v) is 4.49. The highest BCUT2D eigenvalue weighted by atomic mass is 35.5. The lowest BCUT2D eigenvalue weighted by Crippen LogP contribution is -2.33. The number of hydrogen-bond acceptors (Lipinski definition) is 5. The number of nitrogens with zero attached hydrogens (tertiary/aromatic N) is 1. The predicted molar refractivity (Wildman–Crippen MR) is 118 cm³/mol. The molecule has 0 bridgehead atoms. The molecule has 9 heteroatoms. The Morgan fingerprint density at radius 1 is 0.938 bits per heavy atom. The van der Waals surface area contributed by atoms with E-state index >= 15 is 0 Å². The number of nitrogens with one attached hydrogen (secondary N) is 2. The zero-order valence-electron chi connectivity index (χ0n) is 16.8. The van der Waals surface area contributed by atoms with E-state index in [2.05, 4.69) is 15.8 Å². The van der Waals surface area contributed by atoms with Crippen LogP contribution in [0, 0.1) is 5.82 Å². The van der Waals surface area contributed by atoms with Crippen LogP contribution in [0.5, 0.6) is 5.75 Å². The lowest BCUT2D eigenvalue weighted by Gasteiger charge is -2.10. The first-order valence-electron chi connectivity index (χ1n) is 9.32. The van der Waals surface area contributed by atoms with Crippen molar-refractivity contribution in [1.29, 1.82) is 0 Å². The first-order chi connectivity index (χ1) is 15.3. The van der Waals surface area contributed by atoms with Gasteiger partial charge in [0, 0.05) is 11.3 Å². The van der Waals surface area contributed by atoms with Gasteiger partial charge < -0.3 is 10.1 Å². The summed E-state index contributed by atoms with van der Waals surface area (Å²) < 4.78 is 18.7. The molecule has 0 saturated heterocycles. The summed E-state index contributed by atoms with van der Waals surface area (Å²) in [5.41, 5.74) is 3.40. The quantitative estimate of drug-likeness (QED) is 0.199. The van der Waals surface area contributed by atoms with Gasteiger partial charge in [-0.25, -0.2) is 14.6 Å². The normalized spacial score (nSPS) is 10.9. The molecule has 0 atom stereocenters. The predicted octanol–water partition coefficient (Wildman–Crippen LogP) is 4.18. The maximum absolute atomic E-state index is 13.2. The number of carbonyl (C=O) groups excluding carboxylic acids is 3. The third kappa shape index (κ3) is 5.77. The van der Waals surface area contributed by atoms with Crippen molar-refractivity contribution in [2.24, 2.45) is 5.10 Å². The Labute approximate surface area is 187 Å². The average molecular weight is 454 g/mol. The SMILES string of the molecule is CC(=NNC(=O)C(=O)Nc1ccc(F)c(Cl)c1)c1ccccc1OC(=O)c1ccccc1. The number of hydrogen-bond donors (Lipinski definition) is 2. The molecule has 0 fully saturated rings. The summed E-state index contributed by atoms with van der Waals surface area (Å²) in [6.45, 7) is 1.58. The molecule has 0 aliphatic rings. The second-order valence-electron chi connectivity index (χ2n) is 6.47. The highest BCUT2D eigenvalue weighted by molar-refractivity contribution is 6.40. The van der Waals surface area contributed by atoms with Crippen LogP contribution in [-0.4, -0.2) is 23.5 Å². The molecule has 0 spiro atoms. The van der Waals surface area contributed by atoms with E-state index in [9.17, 15) is 18.8 Å². The molecule has 3 aromatic rings. The first-order valence-corrected chi connectivity index (χ1v) is 9.70. The fraction of sp³-hybridized carbons (Fsp3) is 0.0435. The van der Waals surface area contributed by atoms with Crippen LogP contribution in [0.3, 0.4) is 0 Å². The molecule has 0 heterocycles. The van der Waals surface area contributed by atoms with Crippen molar-refractivity contribution in [3.63, 3.8) is 0 Å². The van der Waals surface area contributed by atoms with Crippen molar-refractivity contribution in [1.82, 2.24) is 5.43 Å². The molecular formula is C23H17ClFN3O4. The number of hydrazone groups is 1. The Bertz CT molecular complexity index is 1200. The van der Waals surface area contributed by atoms with Crippen molar-refractivity contribution in [3.8, 4) is 5.75 Å². The van der Waals surface area contributed by atoms with E-state index in [0.717, 1.165) is 6.07 Å². The van der Waals surface area contributed by atoms with E-state index in [1.807, 2.05) is 0 Å². The molecule has 162 valence electrons. The van der Waals surface area contributed by atoms with Crippen molar-refractivity contribution in [2.45, 2.75) is 6.92 Å². The lowest BCUT2D eigenvalue weighted by molar-refractivity contribution is -0.136. The molecule has 0 aliphatic carbocycles. The molecule has 2 amide bonds. The van der Waals surface area contributed by atoms with Gasteiger partial charge in [-0.1, -0.05) is 41.9 Å². The Hall–Kier alpha value is -4.04. The standard InChI is InChI=1S/C23H17ClFN3O4/c1-14(27-28-22(30)21(29)26-16-11-12-19(25)18(24)13-16)17-9-5-6-10-20(17)32-23(31)15-7-3-2-4-8-15/h2-13H,1H3,(H,26,29)(H,28,30). The van der Waals surface area contributed by atoms with Crippen LogP contribution in [0.4, 0.5) is 10.1 Å². The van der Waals surface area contributed by atoms with Gasteiger partial charge >= 0.3 is 17.8 Å². The number of esters is 1. The summed E-state index contributed by atoms with van der Waals surface area (Å²) in [6.07, 6.45) is 0. The maximum Gasteiger partial charge on any atom is 0.343 e. The van der Waals surface area contributed by atoms with E-state index in [-0.39, 0.29) is 16.5 Å². The zero-order valence-corrected chi connectivity index (χ0v) is 17.5. The smallest absolute Gasteiger partial charge is 0.343 e. The number of ether oxygens (including phenoxy) is 1. The van der Waals surface area contributed by atoms with Gasteiger partial charge in [-0.3, -0.25) is 9.59 Å². The number of rotatable bonds is 5. The van der Waals surface area contributed by atoms with Crippen LogP contribution in [-0.2, 0) is 9.59 Å². The van der Waals surface area contributed by atoms with Crippen molar-refractivity contribution < 1.29 is 23.5 Å². The number of benzene rings is 3. The van der Waals surface area contributed by atoms with Crippen LogP contribution in [0.1, 0.15) is 22.8 Å². The summed E-state index contributed by atoms with van der Waals surface area (Å²) in [6, 6.07) is 18.6. The van der Waals surface area contributed by atoms with Gasteiger partial charge in [0.15, 0.2) is 0 Å². The Balaban J connectivity index is 1.68. The maximum atomic E-state index is 13.2. The van der Waals surface area contributed by atoms with E-state index in [4.69, 9.17) is 16.3 Å². The van der Waals surface area contributed by atoms with Crippen molar-refractivity contribution in [3.05, 3.63) is 94.8 Å². The van der Waals surface area contributed by atoms with Gasteiger partial charge in [0.2, 0.25) is 0 Å². The monoisotopic (exact) mass is 453 g/mol.